The number of piperazine rings is 1. The van der Waals surface area contributed by atoms with Crippen LogP contribution in [0.5, 0.6) is 11.5 Å². The quantitative estimate of drug-likeness (QED) is 0.446. The van der Waals surface area contributed by atoms with E-state index in [0.29, 0.717) is 18.2 Å². The normalized spacial score (nSPS) is 20.2. The van der Waals surface area contributed by atoms with Gasteiger partial charge in [0.1, 0.15) is 18.5 Å². The van der Waals surface area contributed by atoms with Gasteiger partial charge in [-0.3, -0.25) is 9.88 Å². The highest BCUT2D eigenvalue weighted by Crippen LogP contribution is 2.38. The number of aromatic nitrogens is 2. The number of rotatable bonds is 3. The van der Waals surface area contributed by atoms with E-state index in [-0.39, 0.29) is 6.10 Å². The van der Waals surface area contributed by atoms with Crippen molar-refractivity contribution in [2.24, 2.45) is 0 Å². The molecule has 7 heteroatoms. The van der Waals surface area contributed by atoms with Crippen molar-refractivity contribution < 1.29 is 9.47 Å². The molecule has 2 atom stereocenters. The Balaban J connectivity index is 1.14. The van der Waals surface area contributed by atoms with Crippen LogP contribution >= 0.6 is 0 Å². The van der Waals surface area contributed by atoms with Gasteiger partial charge >= 0.3 is 0 Å². The highest BCUT2D eigenvalue weighted by molar-refractivity contribution is 5.88. The molecular formula is C28H27N5O2. The summed E-state index contributed by atoms with van der Waals surface area (Å²) in [6, 6.07) is 20.3. The molecule has 0 radical (unpaired) electrons. The van der Waals surface area contributed by atoms with Crippen LogP contribution in [0.2, 0.25) is 0 Å². The molecule has 2 aromatic carbocycles. The van der Waals surface area contributed by atoms with Crippen molar-refractivity contribution in [3.63, 3.8) is 0 Å². The predicted octanol–water partition coefficient (Wildman–Crippen LogP) is 4.31. The minimum Gasteiger partial charge on any atom is -0.486 e. The van der Waals surface area contributed by atoms with Gasteiger partial charge < -0.3 is 14.4 Å². The van der Waals surface area contributed by atoms with Crippen molar-refractivity contribution in [1.82, 2.24) is 14.9 Å². The van der Waals surface area contributed by atoms with E-state index in [1.807, 2.05) is 43.3 Å². The largest absolute Gasteiger partial charge is 0.486 e. The first kappa shape index (κ1) is 21.6. The van der Waals surface area contributed by atoms with Gasteiger partial charge in [0.05, 0.1) is 22.7 Å². The number of pyridine rings is 2. The summed E-state index contributed by atoms with van der Waals surface area (Å²) in [5.74, 6) is 2.58. The molecule has 0 spiro atoms. The minimum atomic E-state index is -0.0310. The maximum atomic E-state index is 9.13. The maximum absolute atomic E-state index is 9.13. The van der Waals surface area contributed by atoms with E-state index in [9.17, 15) is 0 Å². The first-order valence-electron chi connectivity index (χ1n) is 12.1. The second kappa shape index (κ2) is 8.71. The van der Waals surface area contributed by atoms with E-state index < -0.39 is 0 Å². The Kier molecular flexibility index (Phi) is 5.39. The highest BCUT2D eigenvalue weighted by atomic mass is 16.6. The topological polar surface area (TPSA) is 74.5 Å². The Morgan fingerprint density at radius 1 is 1.03 bits per heavy atom. The molecule has 0 saturated carbocycles. The van der Waals surface area contributed by atoms with Crippen LogP contribution in [0.1, 0.15) is 18.2 Å². The molecule has 7 nitrogen and oxygen atoms in total. The van der Waals surface area contributed by atoms with Gasteiger partial charge in [-0.05, 0) is 68.4 Å². The minimum absolute atomic E-state index is 0.0310. The van der Waals surface area contributed by atoms with Gasteiger partial charge in [0, 0.05) is 48.7 Å². The SMILES string of the molecule is Cc1ccc2c3c(ccc2n1)OC[C@H](CN1CCN(c2ccc4cc(C#N)ccc4n2)C[C@H]1C)O3. The van der Waals surface area contributed by atoms with Crippen molar-refractivity contribution in [1.29, 1.82) is 5.26 Å². The fourth-order valence-corrected chi connectivity index (χ4v) is 5.06. The number of hydrogen-bond acceptors (Lipinski definition) is 7. The predicted molar refractivity (Wildman–Crippen MR) is 136 cm³/mol. The number of aryl methyl sites for hydroxylation is 1. The second-order valence-corrected chi connectivity index (χ2v) is 9.44. The molecule has 0 bridgehead atoms. The summed E-state index contributed by atoms with van der Waals surface area (Å²) in [5.41, 5.74) is 3.50. The van der Waals surface area contributed by atoms with E-state index in [4.69, 9.17) is 19.7 Å². The first-order valence-corrected chi connectivity index (χ1v) is 12.1. The number of nitriles is 1. The van der Waals surface area contributed by atoms with E-state index in [0.717, 1.165) is 71.0 Å². The summed E-state index contributed by atoms with van der Waals surface area (Å²) in [7, 11) is 0. The van der Waals surface area contributed by atoms with Crippen molar-refractivity contribution in [2.45, 2.75) is 26.0 Å². The number of anilines is 1. The molecule has 0 N–H and O–H groups in total. The van der Waals surface area contributed by atoms with Crippen molar-refractivity contribution in [3.05, 3.63) is 65.9 Å². The van der Waals surface area contributed by atoms with Crippen LogP contribution in [0.15, 0.2) is 54.6 Å². The van der Waals surface area contributed by atoms with Gasteiger partial charge in [0.2, 0.25) is 0 Å². The van der Waals surface area contributed by atoms with Crippen LogP contribution in [0.4, 0.5) is 5.82 Å². The van der Waals surface area contributed by atoms with Gasteiger partial charge in [0.25, 0.3) is 0 Å². The van der Waals surface area contributed by atoms with Crippen LogP contribution in [0, 0.1) is 18.3 Å². The highest BCUT2D eigenvalue weighted by Gasteiger charge is 2.30. The molecule has 0 amide bonds. The molecule has 1 fully saturated rings. The Hall–Kier alpha value is -3.89. The summed E-state index contributed by atoms with van der Waals surface area (Å²) < 4.78 is 12.5. The van der Waals surface area contributed by atoms with Gasteiger partial charge in [-0.2, -0.15) is 5.26 Å². The van der Waals surface area contributed by atoms with E-state index >= 15 is 0 Å². The lowest BCUT2D eigenvalue weighted by molar-refractivity contribution is 0.0456. The van der Waals surface area contributed by atoms with Gasteiger partial charge in [-0.15, -0.1) is 0 Å². The van der Waals surface area contributed by atoms with Crippen LogP contribution < -0.4 is 14.4 Å². The van der Waals surface area contributed by atoms with Gasteiger partial charge in [-0.1, -0.05) is 0 Å². The summed E-state index contributed by atoms with van der Waals surface area (Å²) in [5, 5.41) is 11.1. The van der Waals surface area contributed by atoms with E-state index in [1.54, 1.807) is 0 Å². The average Bonchev–Trinajstić information content (AvgIpc) is 2.89. The van der Waals surface area contributed by atoms with Gasteiger partial charge in [0.15, 0.2) is 11.5 Å². The zero-order chi connectivity index (χ0) is 23.9. The molecule has 4 heterocycles. The molecule has 2 aliphatic rings. The molecule has 6 rings (SSSR count). The van der Waals surface area contributed by atoms with Gasteiger partial charge in [-0.25, -0.2) is 4.98 Å². The Morgan fingerprint density at radius 2 is 1.91 bits per heavy atom. The number of ether oxygens (including phenoxy) is 2. The zero-order valence-electron chi connectivity index (χ0n) is 19.9. The Labute approximate surface area is 204 Å². The second-order valence-electron chi connectivity index (χ2n) is 9.44. The Bertz CT molecular complexity index is 1460. The summed E-state index contributed by atoms with van der Waals surface area (Å²) in [4.78, 5) is 14.3. The number of benzene rings is 2. The van der Waals surface area contributed by atoms with Crippen LogP contribution in [-0.2, 0) is 0 Å². The van der Waals surface area contributed by atoms with Crippen LogP contribution in [-0.4, -0.2) is 59.8 Å². The van der Waals surface area contributed by atoms with Crippen molar-refractivity contribution in [2.75, 3.05) is 37.7 Å². The number of nitrogens with zero attached hydrogens (tertiary/aromatic N) is 5. The van der Waals surface area contributed by atoms with Crippen LogP contribution in [0.25, 0.3) is 21.8 Å². The van der Waals surface area contributed by atoms with E-state index in [2.05, 4.69) is 46.0 Å². The lowest BCUT2D eigenvalue weighted by Gasteiger charge is -2.42. The molecule has 1 saturated heterocycles. The monoisotopic (exact) mass is 465 g/mol. The lowest BCUT2D eigenvalue weighted by Crippen LogP contribution is -2.55. The third kappa shape index (κ3) is 4.11. The summed E-state index contributed by atoms with van der Waals surface area (Å²) in [6.07, 6.45) is -0.0310. The third-order valence-electron chi connectivity index (χ3n) is 6.97. The fourth-order valence-electron chi connectivity index (χ4n) is 5.06. The standard InChI is InChI=1S/C28H27N5O2/c1-18-3-6-23-25(30-18)8-9-26-28(23)35-22(17-34-26)16-32-11-12-33(15-19(32)2)27-10-5-21-13-20(14-29)4-7-24(21)31-27/h3-10,13,19,22H,11-12,15-17H2,1-2H3/t19-,22+/m1/s1. The fraction of sp³-hybridized carbons (Fsp3) is 0.321. The van der Waals surface area contributed by atoms with Crippen molar-refractivity contribution in [3.8, 4) is 17.6 Å². The molecular weight excluding hydrogens is 438 g/mol. The zero-order valence-corrected chi connectivity index (χ0v) is 19.9. The van der Waals surface area contributed by atoms with E-state index in [1.165, 1.54) is 0 Å². The maximum Gasteiger partial charge on any atom is 0.171 e. The van der Waals surface area contributed by atoms with Crippen LogP contribution in [0.3, 0.4) is 0 Å². The molecule has 2 aliphatic heterocycles. The molecule has 35 heavy (non-hydrogen) atoms. The molecule has 4 aromatic rings. The summed E-state index contributed by atoms with van der Waals surface area (Å²) >= 11 is 0. The molecule has 2 aromatic heterocycles. The smallest absolute Gasteiger partial charge is 0.171 e. The third-order valence-corrected chi connectivity index (χ3v) is 6.97. The molecule has 176 valence electrons. The molecule has 0 unspecified atom stereocenters. The van der Waals surface area contributed by atoms with Crippen molar-refractivity contribution >= 4 is 27.6 Å². The average molecular weight is 466 g/mol. The molecule has 0 aliphatic carbocycles. The Morgan fingerprint density at radius 3 is 2.77 bits per heavy atom. The first-order chi connectivity index (χ1) is 17.1. The summed E-state index contributed by atoms with van der Waals surface area (Å²) in [6.45, 7) is 8.33. The number of hydrogen-bond donors (Lipinski definition) is 0. The number of fused-ring (bicyclic) bond motifs is 4. The lowest BCUT2D eigenvalue weighted by atomic mass is 10.1.